The summed E-state index contributed by atoms with van der Waals surface area (Å²) in [5.41, 5.74) is 0. The smallest absolute Gasteiger partial charge is 0.311 e. The molecule has 0 bridgehead atoms. The van der Waals surface area contributed by atoms with Gasteiger partial charge in [-0.1, -0.05) is 13.0 Å². The van der Waals surface area contributed by atoms with Crippen LogP contribution in [0.1, 0.15) is 13.3 Å². The lowest BCUT2D eigenvalue weighted by Gasteiger charge is -2.16. The van der Waals surface area contributed by atoms with Crippen LogP contribution in [0.5, 0.6) is 0 Å². The molecule has 0 aromatic rings. The Kier molecular flexibility index (Phi) is 5.69. The molecule has 0 radical (unpaired) electrons. The number of esters is 1. The highest BCUT2D eigenvalue weighted by Crippen LogP contribution is 2.35. The average molecular weight is 365 g/mol. The van der Waals surface area contributed by atoms with E-state index in [4.69, 9.17) is 4.74 Å². The van der Waals surface area contributed by atoms with E-state index >= 15 is 0 Å². The van der Waals surface area contributed by atoms with Crippen LogP contribution in [0.3, 0.4) is 0 Å². The summed E-state index contributed by atoms with van der Waals surface area (Å²) in [6.07, 6.45) is 2.30. The first-order chi connectivity index (χ1) is 5.37. The molecule has 0 heterocycles. The predicted molar refractivity (Wildman–Crippen MR) is 59.6 cm³/mol. The molecule has 1 atom stereocenters. The van der Waals surface area contributed by atoms with Crippen LogP contribution < -0.4 is 0 Å². The molecule has 0 amide bonds. The highest BCUT2D eigenvalue weighted by Gasteiger charge is 2.25. The third-order valence-corrected chi connectivity index (χ3v) is 1.62. The van der Waals surface area contributed by atoms with E-state index in [1.807, 2.05) is 0 Å². The van der Waals surface area contributed by atoms with Gasteiger partial charge in [-0.05, 0) is 54.2 Å². The van der Waals surface area contributed by atoms with Crippen molar-refractivity contribution in [1.82, 2.24) is 0 Å². The lowest BCUT2D eigenvalue weighted by Crippen LogP contribution is -2.20. The van der Waals surface area contributed by atoms with E-state index in [-0.39, 0.29) is 11.9 Å². The van der Waals surface area contributed by atoms with Gasteiger partial charge in [0, 0.05) is 0 Å². The Labute approximate surface area is 97.1 Å². The van der Waals surface area contributed by atoms with Gasteiger partial charge in [-0.3, -0.25) is 4.79 Å². The number of allylic oxidation sites excluding steroid dienone is 1. The van der Waals surface area contributed by atoms with Gasteiger partial charge >= 0.3 is 5.97 Å². The maximum Gasteiger partial charge on any atom is 0.311 e. The monoisotopic (exact) mass is 362 g/mol. The fraction of sp³-hybridized carbons (Fsp3) is 0.571. The first-order valence-electron chi connectivity index (χ1n) is 3.27. The summed E-state index contributed by atoms with van der Waals surface area (Å²) in [5.74, 6) is -0.463. The highest BCUT2D eigenvalue weighted by atomic mass is 80.0. The summed E-state index contributed by atoms with van der Waals surface area (Å²) in [4.78, 5) is 11.2. The van der Waals surface area contributed by atoms with Gasteiger partial charge in [0.15, 0.2) is 0 Å². The Hall–Kier alpha value is 0.650. The summed E-state index contributed by atoms with van der Waals surface area (Å²) >= 11 is 9.19. The molecule has 0 N–H and O–H groups in total. The van der Waals surface area contributed by atoms with Crippen LogP contribution >= 0.6 is 47.8 Å². The first kappa shape index (κ1) is 12.7. The van der Waals surface area contributed by atoms with E-state index < -0.39 is 2.33 Å². The van der Waals surface area contributed by atoms with Gasteiger partial charge in [0.2, 0.25) is 0 Å². The largest absolute Gasteiger partial charge is 0.427 e. The fourth-order valence-corrected chi connectivity index (χ4v) is 1.04. The van der Waals surface area contributed by atoms with Crippen LogP contribution in [0.4, 0.5) is 0 Å². The van der Waals surface area contributed by atoms with Gasteiger partial charge in [0.05, 0.1) is 5.92 Å². The number of carbonyl (C=O) groups is 1. The molecule has 0 aliphatic carbocycles. The second-order valence-electron chi connectivity index (χ2n) is 2.29. The summed E-state index contributed by atoms with van der Waals surface area (Å²) in [6.45, 7) is 5.32. The van der Waals surface area contributed by atoms with E-state index in [1.165, 1.54) is 0 Å². The molecule has 0 spiro atoms. The molecule has 12 heavy (non-hydrogen) atoms. The molecule has 0 saturated heterocycles. The zero-order valence-corrected chi connectivity index (χ0v) is 11.3. The second kappa shape index (κ2) is 5.40. The summed E-state index contributed by atoms with van der Waals surface area (Å²) in [5, 5.41) is 0. The molecule has 0 aliphatic heterocycles. The topological polar surface area (TPSA) is 26.3 Å². The zero-order chi connectivity index (χ0) is 9.78. The van der Waals surface area contributed by atoms with Crippen molar-refractivity contribution in [1.29, 1.82) is 0 Å². The van der Waals surface area contributed by atoms with Crippen molar-refractivity contribution >= 4 is 53.8 Å². The van der Waals surface area contributed by atoms with Crippen molar-refractivity contribution in [2.24, 2.45) is 5.92 Å². The van der Waals surface area contributed by atoms with Gasteiger partial charge in [-0.25, -0.2) is 0 Å². The number of carbonyl (C=O) groups excluding carboxylic acids is 1. The lowest BCUT2D eigenvalue weighted by molar-refractivity contribution is -0.147. The van der Waals surface area contributed by atoms with Crippen molar-refractivity contribution in [3.8, 4) is 0 Å². The predicted octanol–water partition coefficient (Wildman–Crippen LogP) is 3.54. The lowest BCUT2D eigenvalue weighted by atomic mass is 10.1. The zero-order valence-electron chi connectivity index (χ0n) is 6.52. The van der Waals surface area contributed by atoms with Crippen LogP contribution in [-0.2, 0) is 9.53 Å². The van der Waals surface area contributed by atoms with E-state index in [0.29, 0.717) is 6.42 Å². The number of rotatable bonds is 3. The van der Waals surface area contributed by atoms with E-state index in [2.05, 4.69) is 54.4 Å². The van der Waals surface area contributed by atoms with E-state index in [9.17, 15) is 4.79 Å². The molecule has 2 nitrogen and oxygen atoms in total. The molecule has 0 fully saturated rings. The minimum Gasteiger partial charge on any atom is -0.427 e. The molecule has 0 aromatic heterocycles. The molecular formula is C7H9Br3O2. The minimum atomic E-state index is -0.945. The maximum absolute atomic E-state index is 11.2. The third-order valence-electron chi connectivity index (χ3n) is 1.14. The molecule has 0 saturated carbocycles. The highest BCUT2D eigenvalue weighted by molar-refractivity contribution is 9.39. The van der Waals surface area contributed by atoms with Crippen molar-refractivity contribution < 1.29 is 9.53 Å². The van der Waals surface area contributed by atoms with Crippen molar-refractivity contribution in [2.45, 2.75) is 15.7 Å². The number of hydrogen-bond donors (Lipinski definition) is 0. The molecule has 5 heteroatoms. The van der Waals surface area contributed by atoms with Crippen LogP contribution in [0, 0.1) is 5.92 Å². The number of alkyl halides is 3. The summed E-state index contributed by atoms with van der Waals surface area (Å²) in [7, 11) is 0. The van der Waals surface area contributed by atoms with Crippen LogP contribution in [-0.4, -0.2) is 8.30 Å². The normalized spacial score (nSPS) is 13.7. The second-order valence-corrected chi connectivity index (χ2v) is 8.83. The van der Waals surface area contributed by atoms with Crippen LogP contribution in [0.25, 0.3) is 0 Å². The van der Waals surface area contributed by atoms with Gasteiger partial charge in [-0.15, -0.1) is 6.58 Å². The Morgan fingerprint density at radius 3 is 2.50 bits per heavy atom. The van der Waals surface area contributed by atoms with Crippen molar-refractivity contribution in [3.05, 3.63) is 12.7 Å². The van der Waals surface area contributed by atoms with Crippen molar-refractivity contribution in [3.63, 3.8) is 0 Å². The molecular weight excluding hydrogens is 356 g/mol. The van der Waals surface area contributed by atoms with Gasteiger partial charge in [-0.2, -0.15) is 0 Å². The quantitative estimate of drug-likeness (QED) is 0.435. The Balaban J connectivity index is 3.95. The molecule has 0 rings (SSSR count). The molecule has 70 valence electrons. The van der Waals surface area contributed by atoms with E-state index in [0.717, 1.165) is 0 Å². The van der Waals surface area contributed by atoms with E-state index in [1.54, 1.807) is 13.0 Å². The first-order valence-corrected chi connectivity index (χ1v) is 5.65. The van der Waals surface area contributed by atoms with Crippen LogP contribution in [0.15, 0.2) is 12.7 Å². The maximum atomic E-state index is 11.2. The molecule has 1 unspecified atom stereocenters. The summed E-state index contributed by atoms with van der Waals surface area (Å²) in [6, 6.07) is 0. The SMILES string of the molecule is C=CCC(C)C(=O)OC(Br)(Br)Br. The number of ether oxygens (including phenoxy) is 1. The minimum absolute atomic E-state index is 0.172. The van der Waals surface area contributed by atoms with Gasteiger partial charge in [0.25, 0.3) is 2.33 Å². The van der Waals surface area contributed by atoms with Gasteiger partial charge < -0.3 is 4.74 Å². The van der Waals surface area contributed by atoms with Gasteiger partial charge in [0.1, 0.15) is 0 Å². The fourth-order valence-electron chi connectivity index (χ4n) is 0.561. The number of halogens is 3. The standard InChI is InChI=1S/C7H9Br3O2/c1-3-4-5(2)6(11)12-7(8,9)10/h3,5H,1,4H2,2H3. The third kappa shape index (κ3) is 6.20. The summed E-state index contributed by atoms with van der Waals surface area (Å²) < 4.78 is 3.97. The Morgan fingerprint density at radius 2 is 2.17 bits per heavy atom. The number of hydrogen-bond acceptors (Lipinski definition) is 2. The van der Waals surface area contributed by atoms with Crippen LogP contribution in [0.2, 0.25) is 0 Å². The van der Waals surface area contributed by atoms with Crippen molar-refractivity contribution in [2.75, 3.05) is 0 Å². The average Bonchev–Trinajstić information content (AvgIpc) is 1.84. The molecule has 0 aromatic carbocycles. The Morgan fingerprint density at radius 1 is 1.67 bits per heavy atom. The Bertz CT molecular complexity index is 174. The molecule has 0 aliphatic rings.